The van der Waals surface area contributed by atoms with E-state index in [1.54, 1.807) is 11.3 Å². The van der Waals surface area contributed by atoms with Gasteiger partial charge in [-0.3, -0.25) is 0 Å². The molecule has 0 aromatic carbocycles. The zero-order valence-electron chi connectivity index (χ0n) is 9.20. The molecule has 0 aliphatic carbocycles. The molecule has 2 N–H and O–H groups in total. The highest BCUT2D eigenvalue weighted by atomic mass is 32.1. The van der Waals surface area contributed by atoms with E-state index in [1.165, 1.54) is 24.8 Å². The lowest BCUT2D eigenvalue weighted by molar-refractivity contribution is 0.394. The van der Waals surface area contributed by atoms with E-state index in [1.807, 2.05) is 0 Å². The van der Waals surface area contributed by atoms with Gasteiger partial charge in [0.1, 0.15) is 0 Å². The molecule has 2 heteroatoms. The van der Waals surface area contributed by atoms with Crippen molar-refractivity contribution in [1.82, 2.24) is 0 Å². The molecule has 80 valence electrons. The summed E-state index contributed by atoms with van der Waals surface area (Å²) < 4.78 is 0. The summed E-state index contributed by atoms with van der Waals surface area (Å²) in [5.74, 6) is 1.47. The van der Waals surface area contributed by atoms with Crippen molar-refractivity contribution in [2.75, 3.05) is 6.54 Å². The highest BCUT2D eigenvalue weighted by Crippen LogP contribution is 2.18. The summed E-state index contributed by atoms with van der Waals surface area (Å²) in [7, 11) is 0. The van der Waals surface area contributed by atoms with Crippen molar-refractivity contribution in [3.8, 4) is 0 Å². The molecule has 14 heavy (non-hydrogen) atoms. The fourth-order valence-corrected chi connectivity index (χ4v) is 2.51. The Hall–Kier alpha value is -0.340. The lowest BCUT2D eigenvalue weighted by atomic mass is 9.92. The van der Waals surface area contributed by atoms with Gasteiger partial charge < -0.3 is 5.73 Å². The summed E-state index contributed by atoms with van der Waals surface area (Å²) >= 11 is 1.78. The van der Waals surface area contributed by atoms with E-state index in [0.717, 1.165) is 12.5 Å². The van der Waals surface area contributed by atoms with Crippen LogP contribution < -0.4 is 5.73 Å². The Balaban J connectivity index is 2.27. The highest BCUT2D eigenvalue weighted by Gasteiger charge is 2.09. The molecule has 1 aromatic heterocycles. The van der Waals surface area contributed by atoms with Crippen molar-refractivity contribution < 1.29 is 0 Å². The molecule has 0 radical (unpaired) electrons. The Labute approximate surface area is 91.3 Å². The van der Waals surface area contributed by atoms with Crippen LogP contribution in [0.25, 0.3) is 0 Å². The monoisotopic (exact) mass is 211 g/mol. The molecule has 0 amide bonds. The molecule has 1 rings (SSSR count). The van der Waals surface area contributed by atoms with Gasteiger partial charge in [-0.05, 0) is 60.0 Å². The highest BCUT2D eigenvalue weighted by molar-refractivity contribution is 7.07. The van der Waals surface area contributed by atoms with Crippen molar-refractivity contribution >= 4 is 11.3 Å². The van der Waals surface area contributed by atoms with E-state index in [2.05, 4.69) is 30.7 Å². The zero-order valence-corrected chi connectivity index (χ0v) is 10.0. The number of thiophene rings is 1. The molecule has 1 atom stereocenters. The molecule has 1 heterocycles. The van der Waals surface area contributed by atoms with Crippen LogP contribution in [0.5, 0.6) is 0 Å². The van der Waals surface area contributed by atoms with Crippen LogP contribution in [0.1, 0.15) is 32.3 Å². The molecule has 0 fully saturated rings. The van der Waals surface area contributed by atoms with Crippen molar-refractivity contribution in [2.45, 2.75) is 33.1 Å². The fraction of sp³-hybridized carbons (Fsp3) is 0.667. The maximum absolute atomic E-state index is 5.76. The SMILES string of the molecule is CC(C)CC(CN)CCc1ccsc1. The topological polar surface area (TPSA) is 26.0 Å². The third kappa shape index (κ3) is 4.25. The first-order valence-electron chi connectivity index (χ1n) is 5.43. The van der Waals surface area contributed by atoms with Crippen LogP contribution in [0.4, 0.5) is 0 Å². The van der Waals surface area contributed by atoms with Gasteiger partial charge in [-0.25, -0.2) is 0 Å². The van der Waals surface area contributed by atoms with Crippen LogP contribution in [-0.4, -0.2) is 6.54 Å². The Morgan fingerprint density at radius 1 is 1.43 bits per heavy atom. The molecular formula is C12H21NS. The smallest absolute Gasteiger partial charge is 0.00487 e. The largest absolute Gasteiger partial charge is 0.330 e. The number of nitrogens with two attached hydrogens (primary N) is 1. The van der Waals surface area contributed by atoms with Gasteiger partial charge in [0.25, 0.3) is 0 Å². The summed E-state index contributed by atoms with van der Waals surface area (Å²) in [6.07, 6.45) is 3.70. The molecule has 0 aliphatic rings. The van der Waals surface area contributed by atoms with Crippen LogP contribution in [0.3, 0.4) is 0 Å². The molecule has 0 saturated heterocycles. The summed E-state index contributed by atoms with van der Waals surface area (Å²) in [6, 6.07) is 2.22. The van der Waals surface area contributed by atoms with Gasteiger partial charge in [0.15, 0.2) is 0 Å². The predicted octanol–water partition coefficient (Wildman–Crippen LogP) is 3.30. The fourth-order valence-electron chi connectivity index (χ4n) is 1.80. The first kappa shape index (κ1) is 11.7. The number of hydrogen-bond donors (Lipinski definition) is 1. The van der Waals surface area contributed by atoms with Crippen molar-refractivity contribution in [3.05, 3.63) is 22.4 Å². The van der Waals surface area contributed by atoms with Crippen LogP contribution in [0, 0.1) is 11.8 Å². The van der Waals surface area contributed by atoms with Gasteiger partial charge in [-0.1, -0.05) is 13.8 Å². The minimum atomic E-state index is 0.704. The van der Waals surface area contributed by atoms with Gasteiger partial charge in [-0.2, -0.15) is 11.3 Å². The van der Waals surface area contributed by atoms with Gasteiger partial charge >= 0.3 is 0 Å². The van der Waals surface area contributed by atoms with E-state index in [9.17, 15) is 0 Å². The minimum Gasteiger partial charge on any atom is -0.330 e. The Morgan fingerprint density at radius 2 is 2.21 bits per heavy atom. The molecule has 0 saturated carbocycles. The van der Waals surface area contributed by atoms with Gasteiger partial charge in [0, 0.05) is 0 Å². The standard InChI is InChI=1S/C12H21NS/c1-10(2)7-12(8-13)4-3-11-5-6-14-9-11/h5-6,9-10,12H,3-4,7-8,13H2,1-2H3. The predicted molar refractivity (Wildman–Crippen MR) is 64.6 cm³/mol. The first-order chi connectivity index (χ1) is 6.72. The maximum Gasteiger partial charge on any atom is -0.00487 e. The van der Waals surface area contributed by atoms with E-state index < -0.39 is 0 Å². The van der Waals surface area contributed by atoms with Crippen LogP contribution in [-0.2, 0) is 6.42 Å². The molecule has 1 aromatic rings. The number of aryl methyl sites for hydroxylation is 1. The molecule has 1 nitrogen and oxygen atoms in total. The second-order valence-corrected chi connectivity index (χ2v) is 5.18. The molecule has 1 unspecified atom stereocenters. The summed E-state index contributed by atoms with van der Waals surface area (Å²) in [4.78, 5) is 0. The van der Waals surface area contributed by atoms with Crippen molar-refractivity contribution in [1.29, 1.82) is 0 Å². The molecule has 0 bridgehead atoms. The normalized spacial score (nSPS) is 13.4. The first-order valence-corrected chi connectivity index (χ1v) is 6.37. The average Bonchev–Trinajstić information content (AvgIpc) is 2.64. The van der Waals surface area contributed by atoms with E-state index in [4.69, 9.17) is 5.73 Å². The number of hydrogen-bond acceptors (Lipinski definition) is 2. The zero-order chi connectivity index (χ0) is 10.4. The maximum atomic E-state index is 5.76. The Bertz CT molecular complexity index is 228. The molecule has 0 aliphatic heterocycles. The second kappa shape index (κ2) is 6.20. The average molecular weight is 211 g/mol. The van der Waals surface area contributed by atoms with Crippen molar-refractivity contribution in [2.24, 2.45) is 17.6 Å². The van der Waals surface area contributed by atoms with E-state index >= 15 is 0 Å². The van der Waals surface area contributed by atoms with Crippen LogP contribution in [0.2, 0.25) is 0 Å². The molecule has 0 spiro atoms. The Morgan fingerprint density at radius 3 is 2.71 bits per heavy atom. The minimum absolute atomic E-state index is 0.704. The van der Waals surface area contributed by atoms with E-state index in [-0.39, 0.29) is 0 Å². The van der Waals surface area contributed by atoms with Crippen LogP contribution >= 0.6 is 11.3 Å². The third-order valence-corrected chi connectivity index (χ3v) is 3.29. The summed E-state index contributed by atoms with van der Waals surface area (Å²) in [5, 5.41) is 4.39. The van der Waals surface area contributed by atoms with Crippen molar-refractivity contribution in [3.63, 3.8) is 0 Å². The van der Waals surface area contributed by atoms with Gasteiger partial charge in [0.2, 0.25) is 0 Å². The number of rotatable bonds is 6. The Kier molecular flexibility index (Phi) is 5.20. The lowest BCUT2D eigenvalue weighted by Crippen LogP contribution is -2.17. The second-order valence-electron chi connectivity index (χ2n) is 4.40. The van der Waals surface area contributed by atoms with Gasteiger partial charge in [0.05, 0.1) is 0 Å². The van der Waals surface area contributed by atoms with E-state index in [0.29, 0.717) is 5.92 Å². The molecular weight excluding hydrogens is 190 g/mol. The van der Waals surface area contributed by atoms with Gasteiger partial charge in [-0.15, -0.1) is 0 Å². The quantitative estimate of drug-likeness (QED) is 0.767. The summed E-state index contributed by atoms with van der Waals surface area (Å²) in [5.41, 5.74) is 7.23. The van der Waals surface area contributed by atoms with Crippen LogP contribution in [0.15, 0.2) is 16.8 Å². The lowest BCUT2D eigenvalue weighted by Gasteiger charge is -2.16. The third-order valence-electron chi connectivity index (χ3n) is 2.56. The summed E-state index contributed by atoms with van der Waals surface area (Å²) in [6.45, 7) is 5.38.